The second kappa shape index (κ2) is 6.97. The smallest absolute Gasteiger partial charge is 0.228 e. The Morgan fingerprint density at radius 3 is 2.53 bits per heavy atom. The van der Waals surface area contributed by atoms with E-state index in [0.29, 0.717) is 19.8 Å². The molecule has 1 aliphatic rings. The fourth-order valence-corrected chi connectivity index (χ4v) is 2.48. The monoisotopic (exact) mass is 243 g/mol. The Bertz CT molecular complexity index is 237. The van der Waals surface area contributed by atoms with Crippen LogP contribution in [0.5, 0.6) is 0 Å². The largest absolute Gasteiger partial charge is 0.394 e. The summed E-state index contributed by atoms with van der Waals surface area (Å²) in [7, 11) is 1.84. The predicted octanol–water partition coefficient (Wildman–Crippen LogP) is 1.42. The molecule has 0 saturated heterocycles. The summed E-state index contributed by atoms with van der Waals surface area (Å²) in [6, 6.07) is 0. The van der Waals surface area contributed by atoms with Gasteiger partial charge in [0.05, 0.1) is 19.8 Å². The first kappa shape index (κ1) is 14.5. The molecule has 4 nitrogen and oxygen atoms in total. The van der Waals surface area contributed by atoms with E-state index in [0.717, 1.165) is 25.7 Å². The van der Waals surface area contributed by atoms with Crippen LogP contribution in [0.1, 0.15) is 39.0 Å². The Labute approximate surface area is 104 Å². The minimum atomic E-state index is -0.163. The number of hydrogen-bond acceptors (Lipinski definition) is 3. The predicted molar refractivity (Wildman–Crippen MR) is 66.7 cm³/mol. The van der Waals surface area contributed by atoms with Crippen molar-refractivity contribution in [1.82, 2.24) is 4.90 Å². The molecule has 1 fully saturated rings. The fraction of sp³-hybridized carbons (Fsp3) is 0.923. The highest BCUT2D eigenvalue weighted by atomic mass is 16.5. The summed E-state index contributed by atoms with van der Waals surface area (Å²) >= 11 is 0. The number of hydrogen-bond donors (Lipinski definition) is 1. The molecule has 0 heterocycles. The quantitative estimate of drug-likeness (QED) is 0.718. The Balaban J connectivity index is 2.34. The van der Waals surface area contributed by atoms with E-state index in [1.165, 1.54) is 6.42 Å². The van der Waals surface area contributed by atoms with Gasteiger partial charge in [-0.25, -0.2) is 0 Å². The number of aliphatic hydroxyl groups is 1. The number of nitrogens with zero attached hydrogens (tertiary/aromatic N) is 1. The maximum Gasteiger partial charge on any atom is 0.228 e. The molecule has 1 saturated carbocycles. The molecule has 1 N–H and O–H groups in total. The van der Waals surface area contributed by atoms with Crippen LogP contribution in [0, 0.1) is 5.41 Å². The number of carbonyl (C=O) groups excluding carboxylic acids is 1. The molecule has 0 unspecified atom stereocenters. The molecule has 1 rings (SSSR count). The molecule has 0 aliphatic heterocycles. The van der Waals surface area contributed by atoms with Gasteiger partial charge in [-0.1, -0.05) is 26.2 Å². The number of amides is 1. The van der Waals surface area contributed by atoms with Gasteiger partial charge < -0.3 is 14.7 Å². The molecule has 100 valence electrons. The van der Waals surface area contributed by atoms with Crippen LogP contribution in [-0.2, 0) is 9.53 Å². The molecule has 0 spiro atoms. The van der Waals surface area contributed by atoms with Crippen LogP contribution >= 0.6 is 0 Å². The summed E-state index contributed by atoms with van der Waals surface area (Å²) in [5, 5.41) is 8.58. The Morgan fingerprint density at radius 2 is 1.94 bits per heavy atom. The van der Waals surface area contributed by atoms with Crippen molar-refractivity contribution in [3.8, 4) is 0 Å². The van der Waals surface area contributed by atoms with Crippen molar-refractivity contribution in [2.24, 2.45) is 5.41 Å². The summed E-state index contributed by atoms with van der Waals surface area (Å²) in [5.74, 6) is 0.241. The molecular weight excluding hydrogens is 218 g/mol. The van der Waals surface area contributed by atoms with E-state index < -0.39 is 0 Å². The second-order valence-corrected chi connectivity index (χ2v) is 5.18. The Kier molecular flexibility index (Phi) is 5.92. The molecule has 0 atom stereocenters. The van der Waals surface area contributed by atoms with E-state index in [1.807, 2.05) is 7.05 Å². The van der Waals surface area contributed by atoms with Crippen LogP contribution in [0.25, 0.3) is 0 Å². The van der Waals surface area contributed by atoms with Crippen LogP contribution in [0.15, 0.2) is 0 Å². The third kappa shape index (κ3) is 4.28. The summed E-state index contributed by atoms with van der Waals surface area (Å²) in [6.07, 6.45) is 5.60. The topological polar surface area (TPSA) is 49.8 Å². The van der Waals surface area contributed by atoms with Gasteiger partial charge in [-0.15, -0.1) is 0 Å². The van der Waals surface area contributed by atoms with Crippen molar-refractivity contribution in [3.05, 3.63) is 0 Å². The lowest BCUT2D eigenvalue weighted by atomic mass is 9.75. The van der Waals surface area contributed by atoms with Crippen molar-refractivity contribution < 1.29 is 14.6 Å². The highest BCUT2D eigenvalue weighted by Crippen LogP contribution is 2.37. The van der Waals surface area contributed by atoms with Gasteiger partial charge in [0.25, 0.3) is 0 Å². The molecule has 4 heteroatoms. The maximum absolute atomic E-state index is 12.3. The van der Waals surface area contributed by atoms with Gasteiger partial charge in [-0.2, -0.15) is 0 Å². The average Bonchev–Trinajstić information content (AvgIpc) is 2.34. The lowest BCUT2D eigenvalue weighted by Gasteiger charge is -2.35. The number of likely N-dealkylation sites (N-methyl/N-ethyl adjacent to an activating group) is 1. The summed E-state index contributed by atoms with van der Waals surface area (Å²) in [5.41, 5.74) is -0.163. The van der Waals surface area contributed by atoms with Crippen LogP contribution in [0.2, 0.25) is 0 Å². The molecule has 0 bridgehead atoms. The molecule has 0 aromatic heterocycles. The van der Waals surface area contributed by atoms with Gasteiger partial charge >= 0.3 is 0 Å². The first-order valence-electron chi connectivity index (χ1n) is 6.54. The summed E-state index contributed by atoms with van der Waals surface area (Å²) < 4.78 is 5.18. The van der Waals surface area contributed by atoms with Crippen LogP contribution in [0.4, 0.5) is 0 Å². The van der Waals surface area contributed by atoms with Crippen LogP contribution in [0.3, 0.4) is 0 Å². The van der Waals surface area contributed by atoms with Crippen molar-refractivity contribution >= 4 is 5.91 Å². The standard InChI is InChI=1S/C13H25NO3/c1-13(6-4-3-5-7-13)12(16)14(2)8-10-17-11-9-15/h15H,3-11H2,1-2H3. The Hall–Kier alpha value is -0.610. The Morgan fingerprint density at radius 1 is 1.29 bits per heavy atom. The normalized spacial score (nSPS) is 19.0. The zero-order valence-electron chi connectivity index (χ0n) is 11.1. The third-order valence-electron chi connectivity index (χ3n) is 3.63. The van der Waals surface area contributed by atoms with Gasteiger partial charge in [0.15, 0.2) is 0 Å². The van der Waals surface area contributed by atoms with Crippen molar-refractivity contribution in [2.45, 2.75) is 39.0 Å². The lowest BCUT2D eigenvalue weighted by Crippen LogP contribution is -2.42. The molecule has 1 amide bonds. The second-order valence-electron chi connectivity index (χ2n) is 5.18. The first-order valence-corrected chi connectivity index (χ1v) is 6.54. The molecule has 0 aromatic rings. The fourth-order valence-electron chi connectivity index (χ4n) is 2.48. The van der Waals surface area contributed by atoms with E-state index in [9.17, 15) is 4.79 Å². The van der Waals surface area contributed by atoms with E-state index >= 15 is 0 Å². The molecule has 17 heavy (non-hydrogen) atoms. The van der Waals surface area contributed by atoms with Crippen LogP contribution < -0.4 is 0 Å². The van der Waals surface area contributed by atoms with Gasteiger partial charge in [0.1, 0.15) is 0 Å². The molecule has 0 radical (unpaired) electrons. The van der Waals surface area contributed by atoms with E-state index in [1.54, 1.807) is 4.90 Å². The minimum Gasteiger partial charge on any atom is -0.394 e. The van der Waals surface area contributed by atoms with Crippen LogP contribution in [-0.4, -0.2) is 49.3 Å². The number of carbonyl (C=O) groups is 1. The van der Waals surface area contributed by atoms with Crippen molar-refractivity contribution in [3.63, 3.8) is 0 Å². The third-order valence-corrected chi connectivity index (χ3v) is 3.63. The molecule has 0 aromatic carbocycles. The summed E-state index contributed by atoms with van der Waals surface area (Å²) in [4.78, 5) is 14.1. The SMILES string of the molecule is CN(CCOCCO)C(=O)C1(C)CCCCC1. The number of rotatable bonds is 6. The van der Waals surface area contributed by atoms with E-state index in [2.05, 4.69) is 6.92 Å². The minimum absolute atomic E-state index is 0.0371. The zero-order valence-corrected chi connectivity index (χ0v) is 11.1. The average molecular weight is 243 g/mol. The zero-order chi connectivity index (χ0) is 12.7. The highest BCUT2D eigenvalue weighted by molar-refractivity contribution is 5.82. The van der Waals surface area contributed by atoms with Gasteiger partial charge in [0, 0.05) is 19.0 Å². The first-order chi connectivity index (χ1) is 8.10. The van der Waals surface area contributed by atoms with E-state index in [-0.39, 0.29) is 17.9 Å². The highest BCUT2D eigenvalue weighted by Gasteiger charge is 2.36. The number of aliphatic hydroxyl groups excluding tert-OH is 1. The van der Waals surface area contributed by atoms with Gasteiger partial charge in [-0.3, -0.25) is 4.79 Å². The molecular formula is C13H25NO3. The lowest BCUT2D eigenvalue weighted by molar-refractivity contribution is -0.142. The van der Waals surface area contributed by atoms with Gasteiger partial charge in [0.2, 0.25) is 5.91 Å². The maximum atomic E-state index is 12.3. The number of ether oxygens (including phenoxy) is 1. The molecule has 1 aliphatic carbocycles. The van der Waals surface area contributed by atoms with E-state index in [4.69, 9.17) is 9.84 Å². The van der Waals surface area contributed by atoms with Gasteiger partial charge in [-0.05, 0) is 12.8 Å². The van der Waals surface area contributed by atoms with Crippen molar-refractivity contribution in [2.75, 3.05) is 33.4 Å². The van der Waals surface area contributed by atoms with Crippen molar-refractivity contribution in [1.29, 1.82) is 0 Å². The summed E-state index contributed by atoms with van der Waals surface area (Å²) in [6.45, 7) is 3.57.